The van der Waals surface area contributed by atoms with E-state index in [0.717, 1.165) is 11.4 Å². The highest BCUT2D eigenvalue weighted by Gasteiger charge is 2.09. The minimum atomic E-state index is -0.583. The quantitative estimate of drug-likeness (QED) is 0.680. The average molecular weight is 195 g/mol. The van der Waals surface area contributed by atoms with Crippen LogP contribution in [0.2, 0.25) is 0 Å². The van der Waals surface area contributed by atoms with E-state index in [9.17, 15) is 4.79 Å². The van der Waals surface area contributed by atoms with Crippen molar-refractivity contribution < 1.29 is 4.79 Å². The summed E-state index contributed by atoms with van der Waals surface area (Å²) in [4.78, 5) is 15.2. The van der Waals surface area contributed by atoms with Crippen LogP contribution in [0.5, 0.6) is 0 Å². The number of nitrogens with one attached hydrogen (secondary N) is 1. The van der Waals surface area contributed by atoms with E-state index >= 15 is 0 Å². The Hall–Kier alpha value is -1.56. The van der Waals surface area contributed by atoms with Gasteiger partial charge in [-0.2, -0.15) is 5.10 Å². The number of nitrogens with zero attached hydrogens (tertiary/aromatic N) is 3. The van der Waals surface area contributed by atoms with Gasteiger partial charge in [0.15, 0.2) is 0 Å². The van der Waals surface area contributed by atoms with Gasteiger partial charge in [0.05, 0.1) is 17.4 Å². The normalized spacial score (nSPS) is 12.3. The third-order valence-electron chi connectivity index (χ3n) is 1.74. The molecule has 0 saturated carbocycles. The minimum absolute atomic E-state index is 0.190. The number of aryl methyl sites for hydroxylation is 2. The molecule has 1 rings (SSSR count). The van der Waals surface area contributed by atoms with Crippen LogP contribution in [-0.4, -0.2) is 27.1 Å². The number of hydrogen-bond acceptors (Lipinski definition) is 5. The summed E-state index contributed by atoms with van der Waals surface area (Å²) in [5.74, 6) is -0.134. The lowest BCUT2D eigenvalue weighted by Crippen LogP contribution is -2.33. The summed E-state index contributed by atoms with van der Waals surface area (Å²) in [6.45, 7) is 5.18. The fraction of sp³-hybridized carbons (Fsp3) is 0.500. The van der Waals surface area contributed by atoms with E-state index in [1.807, 2.05) is 0 Å². The van der Waals surface area contributed by atoms with E-state index in [0.29, 0.717) is 0 Å². The Balaban J connectivity index is 2.78. The molecule has 0 unspecified atom stereocenters. The van der Waals surface area contributed by atoms with Crippen molar-refractivity contribution in [2.45, 2.75) is 26.8 Å². The Bertz CT molecular complexity index is 350. The van der Waals surface area contributed by atoms with E-state index in [-0.39, 0.29) is 11.9 Å². The Morgan fingerprint density at radius 1 is 1.36 bits per heavy atom. The third-order valence-corrected chi connectivity index (χ3v) is 1.74. The lowest BCUT2D eigenvalue weighted by molar-refractivity contribution is -0.117. The van der Waals surface area contributed by atoms with Gasteiger partial charge in [-0.05, 0) is 20.8 Å². The highest BCUT2D eigenvalue weighted by atomic mass is 16.2. The first-order chi connectivity index (χ1) is 6.50. The largest absolute Gasteiger partial charge is 0.320 e. The van der Waals surface area contributed by atoms with Crippen molar-refractivity contribution in [2.24, 2.45) is 5.73 Å². The third kappa shape index (κ3) is 2.46. The van der Waals surface area contributed by atoms with E-state index in [1.54, 1.807) is 20.8 Å². The van der Waals surface area contributed by atoms with Gasteiger partial charge in [0.1, 0.15) is 0 Å². The number of aromatic nitrogens is 3. The molecule has 0 aromatic carbocycles. The van der Waals surface area contributed by atoms with Crippen LogP contribution in [0.4, 0.5) is 5.95 Å². The molecule has 0 aliphatic heterocycles. The molecule has 0 bridgehead atoms. The van der Waals surface area contributed by atoms with Crippen molar-refractivity contribution in [3.8, 4) is 0 Å². The van der Waals surface area contributed by atoms with Crippen molar-refractivity contribution in [3.05, 3.63) is 11.4 Å². The van der Waals surface area contributed by atoms with Gasteiger partial charge in [0.2, 0.25) is 11.9 Å². The number of rotatable bonds is 2. The lowest BCUT2D eigenvalue weighted by atomic mass is 10.3. The molecule has 6 heteroatoms. The van der Waals surface area contributed by atoms with Crippen LogP contribution in [0, 0.1) is 13.8 Å². The van der Waals surface area contributed by atoms with Gasteiger partial charge >= 0.3 is 0 Å². The van der Waals surface area contributed by atoms with Crippen molar-refractivity contribution in [2.75, 3.05) is 5.32 Å². The molecule has 0 fully saturated rings. The zero-order valence-corrected chi connectivity index (χ0v) is 8.40. The Morgan fingerprint density at radius 2 is 2.00 bits per heavy atom. The molecule has 0 saturated heterocycles. The summed E-state index contributed by atoms with van der Waals surface area (Å²) < 4.78 is 0. The van der Waals surface area contributed by atoms with Crippen LogP contribution in [-0.2, 0) is 4.79 Å². The molecule has 1 aromatic rings. The Morgan fingerprint density at radius 3 is 2.50 bits per heavy atom. The first-order valence-corrected chi connectivity index (χ1v) is 4.25. The molecule has 0 radical (unpaired) electrons. The van der Waals surface area contributed by atoms with Gasteiger partial charge in [-0.15, -0.1) is 5.10 Å². The molecule has 14 heavy (non-hydrogen) atoms. The molecule has 1 heterocycles. The van der Waals surface area contributed by atoms with E-state index in [1.165, 1.54) is 0 Å². The second kappa shape index (κ2) is 4.10. The summed E-state index contributed by atoms with van der Waals surface area (Å²) in [5.41, 5.74) is 6.84. The predicted octanol–water partition coefficient (Wildman–Crippen LogP) is -0.226. The van der Waals surface area contributed by atoms with Crippen molar-refractivity contribution >= 4 is 11.9 Å². The minimum Gasteiger partial charge on any atom is -0.320 e. The van der Waals surface area contributed by atoms with E-state index < -0.39 is 6.04 Å². The molecule has 0 spiro atoms. The van der Waals surface area contributed by atoms with Crippen molar-refractivity contribution in [1.29, 1.82) is 0 Å². The van der Waals surface area contributed by atoms with Gasteiger partial charge in [-0.1, -0.05) is 0 Å². The molecular weight excluding hydrogens is 182 g/mol. The second-order valence-corrected chi connectivity index (χ2v) is 3.08. The van der Waals surface area contributed by atoms with Crippen molar-refractivity contribution in [3.63, 3.8) is 0 Å². The number of amides is 1. The molecule has 6 nitrogen and oxygen atoms in total. The monoisotopic (exact) mass is 195 g/mol. The molecule has 1 aromatic heterocycles. The standard InChI is InChI=1S/C8H13N5O/c1-4(9)7(14)11-8-10-5(2)6(3)12-13-8/h4H,9H2,1-3H3,(H,10,11,13,14)/t4-/m1/s1. The maximum atomic E-state index is 11.2. The molecular formula is C8H13N5O. The average Bonchev–Trinajstić information content (AvgIpc) is 2.11. The highest BCUT2D eigenvalue weighted by molar-refractivity contribution is 5.92. The summed E-state index contributed by atoms with van der Waals surface area (Å²) in [6, 6.07) is -0.583. The molecule has 1 atom stereocenters. The fourth-order valence-electron chi connectivity index (χ4n) is 0.734. The maximum Gasteiger partial charge on any atom is 0.249 e. The van der Waals surface area contributed by atoms with Gasteiger partial charge in [0, 0.05) is 0 Å². The first kappa shape index (κ1) is 10.5. The fourth-order valence-corrected chi connectivity index (χ4v) is 0.734. The van der Waals surface area contributed by atoms with E-state index in [4.69, 9.17) is 5.73 Å². The number of anilines is 1. The molecule has 0 aliphatic rings. The molecule has 1 amide bonds. The number of carbonyl (C=O) groups is 1. The van der Waals surface area contributed by atoms with Crippen LogP contribution >= 0.6 is 0 Å². The van der Waals surface area contributed by atoms with Gasteiger partial charge < -0.3 is 5.73 Å². The Kier molecular flexibility index (Phi) is 3.08. The van der Waals surface area contributed by atoms with Gasteiger partial charge in [0.25, 0.3) is 0 Å². The SMILES string of the molecule is Cc1nnc(NC(=O)[C@@H](C)N)nc1C. The van der Waals surface area contributed by atoms with Gasteiger partial charge in [-0.25, -0.2) is 4.98 Å². The molecule has 3 N–H and O–H groups in total. The van der Waals surface area contributed by atoms with Gasteiger partial charge in [-0.3, -0.25) is 10.1 Å². The number of hydrogen-bond donors (Lipinski definition) is 2. The summed E-state index contributed by atoms with van der Waals surface area (Å²) in [5, 5.41) is 10.00. The zero-order chi connectivity index (χ0) is 10.7. The topological polar surface area (TPSA) is 93.8 Å². The van der Waals surface area contributed by atoms with Crippen molar-refractivity contribution in [1.82, 2.24) is 15.2 Å². The first-order valence-electron chi connectivity index (χ1n) is 4.25. The molecule has 0 aliphatic carbocycles. The van der Waals surface area contributed by atoms with Crippen LogP contribution in [0.3, 0.4) is 0 Å². The summed E-state index contributed by atoms with van der Waals surface area (Å²) in [6.07, 6.45) is 0. The summed E-state index contributed by atoms with van der Waals surface area (Å²) >= 11 is 0. The zero-order valence-electron chi connectivity index (χ0n) is 8.40. The summed E-state index contributed by atoms with van der Waals surface area (Å²) in [7, 11) is 0. The molecule has 76 valence electrons. The van der Waals surface area contributed by atoms with Crippen LogP contribution in [0.25, 0.3) is 0 Å². The van der Waals surface area contributed by atoms with E-state index in [2.05, 4.69) is 20.5 Å². The van der Waals surface area contributed by atoms with Crippen LogP contribution in [0.15, 0.2) is 0 Å². The number of nitrogens with two attached hydrogens (primary N) is 1. The maximum absolute atomic E-state index is 11.2. The van der Waals surface area contributed by atoms with Crippen LogP contribution < -0.4 is 11.1 Å². The Labute approximate surface area is 81.9 Å². The smallest absolute Gasteiger partial charge is 0.249 e. The second-order valence-electron chi connectivity index (χ2n) is 3.08. The lowest BCUT2D eigenvalue weighted by Gasteiger charge is -2.06. The van der Waals surface area contributed by atoms with Crippen LogP contribution in [0.1, 0.15) is 18.3 Å². The number of carbonyl (C=O) groups excluding carboxylic acids is 1. The highest BCUT2D eigenvalue weighted by Crippen LogP contribution is 2.01. The predicted molar refractivity (Wildman–Crippen MR) is 51.6 cm³/mol.